The summed E-state index contributed by atoms with van der Waals surface area (Å²) in [6.45, 7) is 0.444. The van der Waals surface area contributed by atoms with Gasteiger partial charge < -0.3 is 4.74 Å². The molecule has 0 aliphatic rings. The number of carbonyl (C=O) groups excluding carboxylic acids is 1. The van der Waals surface area contributed by atoms with Gasteiger partial charge in [0.05, 0.1) is 6.21 Å². The molecule has 0 atom stereocenters. The van der Waals surface area contributed by atoms with Gasteiger partial charge in [0.15, 0.2) is 0 Å². The molecule has 3 rings (SSSR count). The van der Waals surface area contributed by atoms with E-state index in [2.05, 4.69) is 49.0 Å². The third-order valence-corrected chi connectivity index (χ3v) is 4.82. The second kappa shape index (κ2) is 9.66. The van der Waals surface area contributed by atoms with Crippen molar-refractivity contribution in [3.8, 4) is 5.75 Å². The van der Waals surface area contributed by atoms with Gasteiger partial charge in [-0.1, -0.05) is 46.3 Å². The van der Waals surface area contributed by atoms with E-state index in [4.69, 9.17) is 4.74 Å². The summed E-state index contributed by atoms with van der Waals surface area (Å²) < 4.78 is 7.92. The first-order chi connectivity index (χ1) is 13.1. The smallest absolute Gasteiger partial charge is 0.271 e. The highest BCUT2D eigenvalue weighted by Gasteiger charge is 2.05. The number of nitrogens with zero attached hydrogens (tertiary/aromatic N) is 1. The Bertz CT molecular complexity index is 976. The summed E-state index contributed by atoms with van der Waals surface area (Å²) >= 11 is 5.62. The van der Waals surface area contributed by atoms with Crippen LogP contribution in [0.3, 0.4) is 0 Å². The molecule has 0 radical (unpaired) electrons. The maximum Gasteiger partial charge on any atom is 0.271 e. The van der Waals surface area contributed by atoms with Crippen LogP contribution in [-0.4, -0.2) is 12.1 Å². The van der Waals surface area contributed by atoms with Crippen molar-refractivity contribution < 1.29 is 9.53 Å². The first-order valence-corrected chi connectivity index (χ1v) is 10.0. The van der Waals surface area contributed by atoms with Crippen molar-refractivity contribution in [2.45, 2.75) is 6.61 Å². The molecule has 0 heterocycles. The maximum absolute atomic E-state index is 12.2. The molecule has 0 saturated heterocycles. The lowest BCUT2D eigenvalue weighted by atomic mass is 10.2. The molecule has 136 valence electrons. The Balaban J connectivity index is 1.65. The Hall–Kier alpha value is -2.19. The number of hydrazone groups is 1. The topological polar surface area (TPSA) is 50.7 Å². The summed E-state index contributed by atoms with van der Waals surface area (Å²) in [5.74, 6) is 0.446. The van der Waals surface area contributed by atoms with Gasteiger partial charge in [-0.15, -0.1) is 0 Å². The van der Waals surface area contributed by atoms with E-state index >= 15 is 0 Å². The van der Waals surface area contributed by atoms with Gasteiger partial charge in [0.25, 0.3) is 5.91 Å². The monoisotopic (exact) mass is 534 g/mol. The number of ether oxygens (including phenoxy) is 1. The van der Waals surface area contributed by atoms with E-state index in [1.54, 1.807) is 18.3 Å². The Labute approximate surface area is 179 Å². The summed E-state index contributed by atoms with van der Waals surface area (Å²) in [6.07, 6.45) is 1.59. The van der Waals surface area contributed by atoms with Gasteiger partial charge in [-0.25, -0.2) is 5.43 Å². The summed E-state index contributed by atoms with van der Waals surface area (Å²) in [5, 5.41) is 4.06. The van der Waals surface area contributed by atoms with Gasteiger partial charge in [0.1, 0.15) is 12.4 Å². The Kier molecular flexibility index (Phi) is 7.00. The van der Waals surface area contributed by atoms with Crippen molar-refractivity contribution in [2.75, 3.05) is 0 Å². The fourth-order valence-electron chi connectivity index (χ4n) is 2.36. The quantitative estimate of drug-likeness (QED) is 0.261. The van der Waals surface area contributed by atoms with Crippen LogP contribution in [0.15, 0.2) is 82.4 Å². The average molecular weight is 535 g/mol. The van der Waals surface area contributed by atoms with E-state index in [9.17, 15) is 4.79 Å². The minimum absolute atomic E-state index is 0.252. The van der Waals surface area contributed by atoms with E-state index < -0.39 is 0 Å². The highest BCUT2D eigenvalue weighted by molar-refractivity contribution is 14.1. The van der Waals surface area contributed by atoms with Crippen molar-refractivity contribution >= 4 is 50.6 Å². The second-order valence-electron chi connectivity index (χ2n) is 5.67. The zero-order valence-electron chi connectivity index (χ0n) is 14.2. The fourth-order valence-corrected chi connectivity index (χ4v) is 3.35. The molecule has 4 nitrogen and oxygen atoms in total. The summed E-state index contributed by atoms with van der Waals surface area (Å²) in [7, 11) is 0. The van der Waals surface area contributed by atoms with Crippen LogP contribution in [0.1, 0.15) is 21.5 Å². The number of hydrogen-bond donors (Lipinski definition) is 1. The predicted octanol–water partition coefficient (Wildman–Crippen LogP) is 5.40. The zero-order valence-corrected chi connectivity index (χ0v) is 18.0. The third kappa shape index (κ3) is 5.90. The Morgan fingerprint density at radius 3 is 2.70 bits per heavy atom. The third-order valence-electron chi connectivity index (χ3n) is 3.66. The molecule has 6 heteroatoms. The second-order valence-corrected chi connectivity index (χ2v) is 7.83. The standard InChI is InChI=1S/C21H16BrIN2O2/c22-18-8-3-5-15(11-18)14-27-20-10-2-1-6-17(20)13-24-25-21(26)16-7-4-9-19(23)12-16/h1-13H,14H2,(H,25,26)/b24-13+. The first-order valence-electron chi connectivity index (χ1n) is 8.17. The molecule has 1 amide bonds. The number of amides is 1. The van der Waals surface area contributed by atoms with E-state index in [1.807, 2.05) is 60.7 Å². The molecule has 0 saturated carbocycles. The predicted molar refractivity (Wildman–Crippen MR) is 119 cm³/mol. The van der Waals surface area contributed by atoms with Crippen LogP contribution in [0.5, 0.6) is 5.75 Å². The molecule has 0 bridgehead atoms. The van der Waals surface area contributed by atoms with Crippen LogP contribution < -0.4 is 10.2 Å². The van der Waals surface area contributed by atoms with E-state index in [0.29, 0.717) is 17.9 Å². The molecule has 0 aromatic heterocycles. The van der Waals surface area contributed by atoms with E-state index in [1.165, 1.54) is 0 Å². The lowest BCUT2D eigenvalue weighted by Crippen LogP contribution is -2.17. The van der Waals surface area contributed by atoms with Crippen LogP contribution in [0.25, 0.3) is 0 Å². The van der Waals surface area contributed by atoms with Crippen molar-refractivity contribution in [3.63, 3.8) is 0 Å². The molecule has 0 unspecified atom stereocenters. The highest BCUT2D eigenvalue weighted by Crippen LogP contribution is 2.19. The van der Waals surface area contributed by atoms with Crippen molar-refractivity contribution in [1.29, 1.82) is 0 Å². The number of para-hydroxylation sites is 1. The normalized spacial score (nSPS) is 10.7. The van der Waals surface area contributed by atoms with Crippen LogP contribution in [0.4, 0.5) is 0 Å². The van der Waals surface area contributed by atoms with Gasteiger partial charge in [-0.05, 0) is 70.6 Å². The van der Waals surface area contributed by atoms with Crippen molar-refractivity contribution in [1.82, 2.24) is 5.43 Å². The van der Waals surface area contributed by atoms with Crippen LogP contribution in [-0.2, 0) is 6.61 Å². The van der Waals surface area contributed by atoms with Gasteiger partial charge >= 0.3 is 0 Å². The molecule has 3 aromatic rings. The SMILES string of the molecule is O=C(N/N=C/c1ccccc1OCc1cccc(Br)c1)c1cccc(I)c1. The molecule has 1 N–H and O–H groups in total. The molecule has 27 heavy (non-hydrogen) atoms. The number of carbonyl (C=O) groups is 1. The minimum atomic E-state index is -0.252. The molecular formula is C21H16BrIN2O2. The van der Waals surface area contributed by atoms with Gasteiger partial charge in [0.2, 0.25) is 0 Å². The lowest BCUT2D eigenvalue weighted by Gasteiger charge is -2.09. The lowest BCUT2D eigenvalue weighted by molar-refractivity contribution is 0.0955. The minimum Gasteiger partial charge on any atom is -0.488 e. The van der Waals surface area contributed by atoms with Gasteiger partial charge in [-0.2, -0.15) is 5.10 Å². The first kappa shape index (κ1) is 19.6. The average Bonchev–Trinajstić information content (AvgIpc) is 2.67. The van der Waals surface area contributed by atoms with Gasteiger partial charge in [0, 0.05) is 19.2 Å². The summed E-state index contributed by atoms with van der Waals surface area (Å²) in [6, 6.07) is 22.8. The highest BCUT2D eigenvalue weighted by atomic mass is 127. The van der Waals surface area contributed by atoms with Crippen molar-refractivity contribution in [2.24, 2.45) is 5.10 Å². The molecular weight excluding hydrogens is 519 g/mol. The number of benzene rings is 3. The Morgan fingerprint density at radius 2 is 1.89 bits per heavy atom. The largest absolute Gasteiger partial charge is 0.488 e. The van der Waals surface area contributed by atoms with Crippen LogP contribution in [0, 0.1) is 3.57 Å². The van der Waals surface area contributed by atoms with E-state index in [0.717, 1.165) is 19.2 Å². The number of rotatable bonds is 6. The fraction of sp³-hybridized carbons (Fsp3) is 0.0476. The van der Waals surface area contributed by atoms with Crippen LogP contribution in [0.2, 0.25) is 0 Å². The molecule has 3 aromatic carbocycles. The Morgan fingerprint density at radius 1 is 1.07 bits per heavy atom. The van der Waals surface area contributed by atoms with Crippen LogP contribution >= 0.6 is 38.5 Å². The maximum atomic E-state index is 12.2. The number of hydrogen-bond acceptors (Lipinski definition) is 3. The summed E-state index contributed by atoms with van der Waals surface area (Å²) in [5.41, 5.74) is 4.96. The molecule has 0 fully saturated rings. The zero-order chi connectivity index (χ0) is 19.1. The number of nitrogens with one attached hydrogen (secondary N) is 1. The number of halogens is 2. The van der Waals surface area contributed by atoms with Gasteiger partial charge in [-0.3, -0.25) is 4.79 Å². The van der Waals surface area contributed by atoms with E-state index in [-0.39, 0.29) is 5.91 Å². The molecule has 0 aliphatic heterocycles. The molecule has 0 spiro atoms. The van der Waals surface area contributed by atoms with Crippen molar-refractivity contribution in [3.05, 3.63) is 97.5 Å². The summed E-state index contributed by atoms with van der Waals surface area (Å²) in [4.78, 5) is 12.2. The molecule has 0 aliphatic carbocycles.